The van der Waals surface area contributed by atoms with Gasteiger partial charge in [0.15, 0.2) is 0 Å². The number of rotatable bonds is 3. The number of nitrogens with zero attached hydrogens (tertiary/aromatic N) is 1. The summed E-state index contributed by atoms with van der Waals surface area (Å²) in [7, 11) is 1.74. The van der Waals surface area contributed by atoms with Crippen LogP contribution in [0.2, 0.25) is 0 Å². The van der Waals surface area contributed by atoms with Gasteiger partial charge in [-0.2, -0.15) is 0 Å². The molecule has 1 aliphatic rings. The van der Waals surface area contributed by atoms with Crippen LogP contribution in [0.5, 0.6) is 0 Å². The molecule has 0 heterocycles. The molecule has 5 nitrogen and oxygen atoms in total. The maximum absolute atomic E-state index is 12.7. The van der Waals surface area contributed by atoms with E-state index in [1.807, 2.05) is 6.07 Å². The van der Waals surface area contributed by atoms with Crippen LogP contribution >= 0.6 is 0 Å². The van der Waals surface area contributed by atoms with E-state index in [-0.39, 0.29) is 22.4 Å². The first-order valence-corrected chi connectivity index (χ1v) is 9.54. The fraction of sp³-hybridized carbons (Fsp3) is 0.391. The molecule has 0 bridgehead atoms. The zero-order valence-electron chi connectivity index (χ0n) is 17.2. The molecule has 2 N–H and O–H groups in total. The Bertz CT molecular complexity index is 914. The molecule has 0 aromatic heterocycles. The van der Waals surface area contributed by atoms with Gasteiger partial charge in [0.05, 0.1) is 5.56 Å². The molecule has 28 heavy (non-hydrogen) atoms. The average molecular weight is 380 g/mol. The van der Waals surface area contributed by atoms with E-state index in [2.05, 4.69) is 45.1 Å². The topological polar surface area (TPSA) is 69.6 Å². The van der Waals surface area contributed by atoms with Crippen molar-refractivity contribution in [2.45, 2.75) is 51.4 Å². The SMILES string of the molecule is CN(C(=O)Nc1ccc(C(=O)O)cc1)c1ccc2c(c1)C(C)(C)CCC2(C)C. The predicted octanol–water partition coefficient (Wildman–Crippen LogP) is 5.40. The molecular weight excluding hydrogens is 352 g/mol. The summed E-state index contributed by atoms with van der Waals surface area (Å²) in [4.78, 5) is 25.2. The first-order chi connectivity index (χ1) is 13.0. The van der Waals surface area contributed by atoms with Crippen molar-refractivity contribution in [2.75, 3.05) is 17.3 Å². The van der Waals surface area contributed by atoms with Crippen LogP contribution in [-0.2, 0) is 10.8 Å². The third kappa shape index (κ3) is 3.75. The highest BCUT2D eigenvalue weighted by molar-refractivity contribution is 6.01. The van der Waals surface area contributed by atoms with Gasteiger partial charge in [0.25, 0.3) is 0 Å². The Morgan fingerprint density at radius 2 is 1.50 bits per heavy atom. The van der Waals surface area contributed by atoms with Crippen molar-refractivity contribution in [3.8, 4) is 0 Å². The largest absolute Gasteiger partial charge is 0.478 e. The molecule has 148 valence electrons. The number of urea groups is 1. The lowest BCUT2D eigenvalue weighted by Gasteiger charge is -2.42. The molecule has 0 unspecified atom stereocenters. The number of amides is 2. The Hall–Kier alpha value is -2.82. The van der Waals surface area contributed by atoms with E-state index in [9.17, 15) is 9.59 Å². The van der Waals surface area contributed by atoms with E-state index >= 15 is 0 Å². The molecule has 2 amide bonds. The molecule has 0 saturated heterocycles. The van der Waals surface area contributed by atoms with Crippen LogP contribution in [0.1, 0.15) is 62.0 Å². The lowest BCUT2D eigenvalue weighted by Crippen LogP contribution is -2.35. The van der Waals surface area contributed by atoms with Gasteiger partial charge in [-0.25, -0.2) is 9.59 Å². The lowest BCUT2D eigenvalue weighted by atomic mass is 9.63. The summed E-state index contributed by atoms with van der Waals surface area (Å²) in [6.07, 6.45) is 2.26. The number of fused-ring (bicyclic) bond motifs is 1. The van der Waals surface area contributed by atoms with E-state index < -0.39 is 5.97 Å². The van der Waals surface area contributed by atoms with Gasteiger partial charge in [0.1, 0.15) is 0 Å². The standard InChI is InChI=1S/C23H28N2O3/c1-22(2)12-13-23(3,4)19-14-17(10-11-18(19)22)25(5)21(28)24-16-8-6-15(7-9-16)20(26)27/h6-11,14H,12-13H2,1-5H3,(H,24,28)(H,26,27). The summed E-state index contributed by atoms with van der Waals surface area (Å²) in [5.41, 5.74) is 4.44. The molecular formula is C23H28N2O3. The molecule has 2 aromatic carbocycles. The Morgan fingerprint density at radius 3 is 2.07 bits per heavy atom. The highest BCUT2D eigenvalue weighted by atomic mass is 16.4. The lowest BCUT2D eigenvalue weighted by molar-refractivity contribution is 0.0697. The van der Waals surface area contributed by atoms with Crippen molar-refractivity contribution in [1.29, 1.82) is 0 Å². The zero-order valence-corrected chi connectivity index (χ0v) is 17.2. The second-order valence-electron chi connectivity index (χ2n) is 8.87. The number of aromatic carboxylic acids is 1. The summed E-state index contributed by atoms with van der Waals surface area (Å²) in [5, 5.41) is 11.8. The quantitative estimate of drug-likeness (QED) is 0.749. The molecule has 0 atom stereocenters. The predicted molar refractivity (Wildman–Crippen MR) is 113 cm³/mol. The fourth-order valence-corrected chi connectivity index (χ4v) is 3.81. The second-order valence-corrected chi connectivity index (χ2v) is 8.87. The number of benzene rings is 2. The third-order valence-corrected chi connectivity index (χ3v) is 5.91. The van der Waals surface area contributed by atoms with Crippen LogP contribution in [0.25, 0.3) is 0 Å². The van der Waals surface area contributed by atoms with Gasteiger partial charge >= 0.3 is 12.0 Å². The first kappa shape index (κ1) is 19.9. The highest BCUT2D eigenvalue weighted by Gasteiger charge is 2.37. The summed E-state index contributed by atoms with van der Waals surface area (Å²) >= 11 is 0. The summed E-state index contributed by atoms with van der Waals surface area (Å²) < 4.78 is 0. The van der Waals surface area contributed by atoms with Crippen LogP contribution in [0.3, 0.4) is 0 Å². The van der Waals surface area contributed by atoms with Crippen molar-refractivity contribution < 1.29 is 14.7 Å². The van der Waals surface area contributed by atoms with E-state index in [1.54, 1.807) is 24.1 Å². The van der Waals surface area contributed by atoms with Crippen molar-refractivity contribution >= 4 is 23.4 Å². The third-order valence-electron chi connectivity index (χ3n) is 5.91. The molecule has 3 rings (SSSR count). The molecule has 0 spiro atoms. The second kappa shape index (κ2) is 6.97. The summed E-state index contributed by atoms with van der Waals surface area (Å²) in [5.74, 6) is -0.991. The van der Waals surface area contributed by atoms with Gasteiger partial charge in [-0.3, -0.25) is 4.90 Å². The molecule has 1 aliphatic carbocycles. The van der Waals surface area contributed by atoms with Crippen LogP contribution in [0, 0.1) is 0 Å². The summed E-state index contributed by atoms with van der Waals surface area (Å²) in [6.45, 7) is 9.07. The minimum atomic E-state index is -0.991. The summed E-state index contributed by atoms with van der Waals surface area (Å²) in [6, 6.07) is 12.1. The maximum Gasteiger partial charge on any atom is 0.335 e. The number of hydrogen-bond acceptors (Lipinski definition) is 2. The average Bonchev–Trinajstić information content (AvgIpc) is 2.65. The number of carboxylic acid groups (broad SMARTS) is 1. The fourth-order valence-electron chi connectivity index (χ4n) is 3.81. The maximum atomic E-state index is 12.7. The van der Waals surface area contributed by atoms with E-state index in [4.69, 9.17) is 5.11 Å². The van der Waals surface area contributed by atoms with Gasteiger partial charge in [0, 0.05) is 18.4 Å². The van der Waals surface area contributed by atoms with E-state index in [0.717, 1.165) is 18.5 Å². The first-order valence-electron chi connectivity index (χ1n) is 9.54. The van der Waals surface area contributed by atoms with E-state index in [0.29, 0.717) is 5.69 Å². The van der Waals surface area contributed by atoms with Crippen LogP contribution in [-0.4, -0.2) is 24.2 Å². The number of carbonyl (C=O) groups excluding carboxylic acids is 1. The van der Waals surface area contributed by atoms with Crippen molar-refractivity contribution in [3.05, 3.63) is 59.2 Å². The number of carbonyl (C=O) groups is 2. The molecule has 2 aromatic rings. The van der Waals surface area contributed by atoms with Gasteiger partial charge < -0.3 is 10.4 Å². The minimum absolute atomic E-state index is 0.0742. The Labute approximate surface area is 166 Å². The number of hydrogen-bond donors (Lipinski definition) is 2. The van der Waals surface area contributed by atoms with Crippen molar-refractivity contribution in [3.63, 3.8) is 0 Å². The zero-order chi connectivity index (χ0) is 20.7. The molecule has 5 heteroatoms. The Morgan fingerprint density at radius 1 is 0.929 bits per heavy atom. The van der Waals surface area contributed by atoms with Crippen LogP contribution in [0.15, 0.2) is 42.5 Å². The molecule has 0 saturated carbocycles. The number of carboxylic acids is 1. The van der Waals surface area contributed by atoms with Crippen LogP contribution < -0.4 is 10.2 Å². The molecule has 0 aliphatic heterocycles. The van der Waals surface area contributed by atoms with Gasteiger partial charge in [-0.15, -0.1) is 0 Å². The smallest absolute Gasteiger partial charge is 0.335 e. The normalized spacial score (nSPS) is 16.8. The van der Waals surface area contributed by atoms with Crippen molar-refractivity contribution in [1.82, 2.24) is 0 Å². The highest BCUT2D eigenvalue weighted by Crippen LogP contribution is 2.46. The van der Waals surface area contributed by atoms with E-state index in [1.165, 1.54) is 23.3 Å². The minimum Gasteiger partial charge on any atom is -0.478 e. The van der Waals surface area contributed by atoms with Crippen LogP contribution in [0.4, 0.5) is 16.2 Å². The van der Waals surface area contributed by atoms with Crippen molar-refractivity contribution in [2.24, 2.45) is 0 Å². The van der Waals surface area contributed by atoms with Gasteiger partial charge in [-0.05, 0) is 71.2 Å². The number of nitrogens with one attached hydrogen (secondary N) is 1. The monoisotopic (exact) mass is 380 g/mol. The number of anilines is 2. The van der Waals surface area contributed by atoms with Gasteiger partial charge in [-0.1, -0.05) is 33.8 Å². The Kier molecular flexibility index (Phi) is 4.96. The van der Waals surface area contributed by atoms with Gasteiger partial charge in [0.2, 0.25) is 0 Å². The Balaban J connectivity index is 1.83. The molecule has 0 radical (unpaired) electrons. The molecule has 0 fully saturated rings.